The second-order valence-corrected chi connectivity index (χ2v) is 6.65. The van der Waals surface area contributed by atoms with Gasteiger partial charge in [0.2, 0.25) is 0 Å². The van der Waals surface area contributed by atoms with Gasteiger partial charge in [0.05, 0.1) is 0 Å². The topological polar surface area (TPSA) is 34.1 Å². The van der Waals surface area contributed by atoms with Gasteiger partial charge >= 0.3 is 0 Å². The van der Waals surface area contributed by atoms with Crippen molar-refractivity contribution in [2.45, 2.75) is 90.9 Å². The summed E-state index contributed by atoms with van der Waals surface area (Å²) in [5, 5.41) is 0. The summed E-state index contributed by atoms with van der Waals surface area (Å²) in [7, 11) is 0. The van der Waals surface area contributed by atoms with Crippen molar-refractivity contribution in [3.8, 4) is 0 Å². The van der Waals surface area contributed by atoms with E-state index in [0.717, 1.165) is 44.9 Å². The van der Waals surface area contributed by atoms with E-state index in [1.165, 1.54) is 19.3 Å². The van der Waals surface area contributed by atoms with Crippen molar-refractivity contribution in [2.24, 2.45) is 0 Å². The number of unbranched alkanes of at least 4 members (excludes halogenated alkanes) is 5. The van der Waals surface area contributed by atoms with E-state index < -0.39 is 0 Å². The van der Waals surface area contributed by atoms with Crippen molar-refractivity contribution in [3.63, 3.8) is 0 Å². The standard InChI is InChI=1S/C24H38O2/c1-3-5-6-17-21-24(26)22-19-16-14-12-10-8-7-9-11-13-15-18-20-23(25)4-2/h7-13,15H,3-6,14,16-22H2,1-2H3. The van der Waals surface area contributed by atoms with E-state index in [-0.39, 0.29) is 0 Å². The lowest BCUT2D eigenvalue weighted by atomic mass is 10.1. The maximum Gasteiger partial charge on any atom is 0.132 e. The molecule has 146 valence electrons. The molecule has 0 bridgehead atoms. The number of carbonyl (C=O) groups excluding carboxylic acids is 2. The molecular weight excluding hydrogens is 320 g/mol. The SMILES string of the molecule is CCCCCCC(=O)CCCCC=CC=CC=CC=CCCC(=O)CC. The number of allylic oxidation sites excluding steroid dienone is 8. The summed E-state index contributed by atoms with van der Waals surface area (Å²) in [5.74, 6) is 0.752. The average molecular weight is 359 g/mol. The van der Waals surface area contributed by atoms with Crippen LogP contribution < -0.4 is 0 Å². The Morgan fingerprint density at radius 3 is 1.77 bits per heavy atom. The molecular formula is C24H38O2. The Kier molecular flexibility index (Phi) is 18.3. The smallest absolute Gasteiger partial charge is 0.132 e. The number of hydrogen-bond donors (Lipinski definition) is 0. The third-order valence-electron chi connectivity index (χ3n) is 4.20. The quantitative estimate of drug-likeness (QED) is 0.206. The monoisotopic (exact) mass is 358 g/mol. The van der Waals surface area contributed by atoms with E-state index in [0.29, 0.717) is 24.4 Å². The fraction of sp³-hybridized carbons (Fsp3) is 0.583. The minimum absolute atomic E-state index is 0.319. The van der Waals surface area contributed by atoms with Gasteiger partial charge in [-0.3, -0.25) is 9.59 Å². The summed E-state index contributed by atoms with van der Waals surface area (Å²) in [6, 6.07) is 0. The van der Waals surface area contributed by atoms with Crippen molar-refractivity contribution >= 4 is 11.6 Å². The maximum atomic E-state index is 11.7. The second-order valence-electron chi connectivity index (χ2n) is 6.65. The van der Waals surface area contributed by atoms with Crippen molar-refractivity contribution in [3.05, 3.63) is 48.6 Å². The van der Waals surface area contributed by atoms with E-state index in [1.807, 2.05) is 43.4 Å². The Morgan fingerprint density at radius 2 is 1.15 bits per heavy atom. The highest BCUT2D eigenvalue weighted by Crippen LogP contribution is 2.08. The van der Waals surface area contributed by atoms with Gasteiger partial charge < -0.3 is 0 Å². The van der Waals surface area contributed by atoms with Crippen molar-refractivity contribution in [1.29, 1.82) is 0 Å². The Balaban J connectivity index is 3.55. The summed E-state index contributed by atoms with van der Waals surface area (Å²) >= 11 is 0. The fourth-order valence-electron chi connectivity index (χ4n) is 2.49. The zero-order chi connectivity index (χ0) is 19.3. The van der Waals surface area contributed by atoms with Crippen LogP contribution in [0, 0.1) is 0 Å². The van der Waals surface area contributed by atoms with Crippen LogP contribution >= 0.6 is 0 Å². The lowest BCUT2D eigenvalue weighted by Gasteiger charge is -2.00. The number of ketones is 2. The van der Waals surface area contributed by atoms with Crippen molar-refractivity contribution < 1.29 is 9.59 Å². The molecule has 0 heterocycles. The van der Waals surface area contributed by atoms with Gasteiger partial charge in [-0.25, -0.2) is 0 Å². The molecule has 0 N–H and O–H groups in total. The molecule has 0 aliphatic rings. The Morgan fingerprint density at radius 1 is 0.577 bits per heavy atom. The second kappa shape index (κ2) is 19.6. The highest BCUT2D eigenvalue weighted by atomic mass is 16.1. The van der Waals surface area contributed by atoms with Gasteiger partial charge in [0.15, 0.2) is 0 Å². The molecule has 0 amide bonds. The molecule has 0 aromatic carbocycles. The number of hydrogen-bond acceptors (Lipinski definition) is 2. The van der Waals surface area contributed by atoms with Crippen LogP contribution in [-0.2, 0) is 9.59 Å². The Hall–Kier alpha value is -1.70. The molecule has 0 atom stereocenters. The third kappa shape index (κ3) is 18.6. The first-order valence-corrected chi connectivity index (χ1v) is 10.4. The first-order chi connectivity index (χ1) is 12.7. The molecule has 0 unspecified atom stereocenters. The van der Waals surface area contributed by atoms with Crippen LogP contribution in [0.1, 0.15) is 90.9 Å². The fourth-order valence-corrected chi connectivity index (χ4v) is 2.49. The van der Waals surface area contributed by atoms with E-state index in [1.54, 1.807) is 0 Å². The molecule has 2 nitrogen and oxygen atoms in total. The predicted octanol–water partition coefficient (Wildman–Crippen LogP) is 7.07. The van der Waals surface area contributed by atoms with Gasteiger partial charge in [-0.2, -0.15) is 0 Å². The van der Waals surface area contributed by atoms with E-state index in [2.05, 4.69) is 19.1 Å². The summed E-state index contributed by atoms with van der Waals surface area (Å²) in [5.41, 5.74) is 0. The van der Waals surface area contributed by atoms with Crippen LogP contribution in [0.25, 0.3) is 0 Å². The molecule has 0 aromatic heterocycles. The Bertz CT molecular complexity index is 467. The summed E-state index contributed by atoms with van der Waals surface area (Å²) < 4.78 is 0. The first-order valence-electron chi connectivity index (χ1n) is 10.4. The summed E-state index contributed by atoms with van der Waals surface area (Å²) in [6.07, 6.45) is 27.7. The third-order valence-corrected chi connectivity index (χ3v) is 4.20. The summed E-state index contributed by atoms with van der Waals surface area (Å²) in [4.78, 5) is 22.8. The molecule has 0 saturated heterocycles. The van der Waals surface area contributed by atoms with Crippen molar-refractivity contribution in [1.82, 2.24) is 0 Å². The minimum atomic E-state index is 0.319. The first kappa shape index (κ1) is 24.3. The highest BCUT2D eigenvalue weighted by Gasteiger charge is 2.00. The molecule has 0 saturated carbocycles. The lowest BCUT2D eigenvalue weighted by Crippen LogP contribution is -1.97. The zero-order valence-corrected chi connectivity index (χ0v) is 16.9. The van der Waals surface area contributed by atoms with Crippen molar-refractivity contribution in [2.75, 3.05) is 0 Å². The zero-order valence-electron chi connectivity index (χ0n) is 16.9. The molecule has 0 aliphatic carbocycles. The molecule has 26 heavy (non-hydrogen) atoms. The van der Waals surface area contributed by atoms with Crippen LogP contribution in [0.2, 0.25) is 0 Å². The molecule has 0 rings (SSSR count). The highest BCUT2D eigenvalue weighted by molar-refractivity contribution is 5.78. The van der Waals surface area contributed by atoms with E-state index in [9.17, 15) is 9.59 Å². The number of Topliss-reactive ketones (excluding diaryl/α,β-unsaturated/α-hetero) is 2. The van der Waals surface area contributed by atoms with E-state index >= 15 is 0 Å². The predicted molar refractivity (Wildman–Crippen MR) is 113 cm³/mol. The van der Waals surface area contributed by atoms with Gasteiger partial charge in [0.1, 0.15) is 11.6 Å². The molecule has 0 radical (unpaired) electrons. The molecule has 0 aromatic rings. The maximum absolute atomic E-state index is 11.7. The van der Waals surface area contributed by atoms with Crippen LogP contribution in [-0.4, -0.2) is 11.6 Å². The van der Waals surface area contributed by atoms with Gasteiger partial charge in [-0.05, 0) is 32.1 Å². The van der Waals surface area contributed by atoms with Gasteiger partial charge in [-0.1, -0.05) is 81.7 Å². The molecule has 0 spiro atoms. The largest absolute Gasteiger partial charge is 0.300 e. The summed E-state index contributed by atoms with van der Waals surface area (Å²) in [6.45, 7) is 4.09. The van der Waals surface area contributed by atoms with Gasteiger partial charge in [0.25, 0.3) is 0 Å². The van der Waals surface area contributed by atoms with Crippen LogP contribution in [0.3, 0.4) is 0 Å². The van der Waals surface area contributed by atoms with Gasteiger partial charge in [-0.15, -0.1) is 0 Å². The van der Waals surface area contributed by atoms with E-state index in [4.69, 9.17) is 0 Å². The van der Waals surface area contributed by atoms with Crippen LogP contribution in [0.5, 0.6) is 0 Å². The Labute approximate surface area is 161 Å². The average Bonchev–Trinajstić information content (AvgIpc) is 2.65. The van der Waals surface area contributed by atoms with Crippen LogP contribution in [0.4, 0.5) is 0 Å². The molecule has 2 heteroatoms. The molecule has 0 fully saturated rings. The minimum Gasteiger partial charge on any atom is -0.300 e. The number of carbonyl (C=O) groups is 2. The van der Waals surface area contributed by atoms with Gasteiger partial charge in [0, 0.05) is 25.7 Å². The van der Waals surface area contributed by atoms with Crippen LogP contribution in [0.15, 0.2) is 48.6 Å². The molecule has 0 aliphatic heterocycles. The normalized spacial score (nSPS) is 12.2. The lowest BCUT2D eigenvalue weighted by molar-refractivity contribution is -0.119. The number of rotatable bonds is 17.